The molecule has 0 bridgehead atoms. The highest BCUT2D eigenvalue weighted by Crippen LogP contribution is 2.50. The van der Waals surface area contributed by atoms with Crippen molar-refractivity contribution in [1.82, 2.24) is 0 Å². The van der Waals surface area contributed by atoms with Gasteiger partial charge in [-0.05, 0) is 72.8 Å². The topological polar surface area (TPSA) is 132 Å². The number of anilines is 3. The van der Waals surface area contributed by atoms with E-state index in [4.69, 9.17) is 13.6 Å². The average Bonchev–Trinajstić information content (AvgIpc) is 2.77. The number of hydrogen-bond donors (Lipinski definition) is 3. The van der Waals surface area contributed by atoms with Gasteiger partial charge in [0.2, 0.25) is 17.7 Å². The van der Waals surface area contributed by atoms with Gasteiger partial charge < -0.3 is 29.5 Å². The predicted octanol–water partition coefficient (Wildman–Crippen LogP) is 5.21. The minimum Gasteiger partial charge on any atom is -0.386 e. The lowest BCUT2D eigenvalue weighted by Gasteiger charge is -2.20. The number of carbonyl (C=O) groups is 3. The molecule has 0 saturated carbocycles. The van der Waals surface area contributed by atoms with E-state index in [2.05, 4.69) is 16.0 Å². The first-order valence-corrected chi connectivity index (χ1v) is 11.9. The number of carbonyl (C=O) groups excluding carboxylic acids is 3. The number of phosphoric ester groups is 1. The molecule has 0 aliphatic heterocycles. The van der Waals surface area contributed by atoms with E-state index in [1.165, 1.54) is 57.2 Å². The van der Waals surface area contributed by atoms with E-state index in [1.807, 2.05) is 0 Å². The van der Waals surface area contributed by atoms with Gasteiger partial charge in [0.05, 0.1) is 0 Å². The van der Waals surface area contributed by atoms with E-state index < -0.39 is 7.82 Å². The Morgan fingerprint density at radius 1 is 0.514 bits per heavy atom. The van der Waals surface area contributed by atoms with Crippen molar-refractivity contribution in [3.63, 3.8) is 0 Å². The molecule has 3 aromatic carbocycles. The van der Waals surface area contributed by atoms with Gasteiger partial charge in [-0.1, -0.05) is 0 Å². The Kier molecular flexibility index (Phi) is 8.12. The van der Waals surface area contributed by atoms with E-state index in [-0.39, 0.29) is 35.0 Å². The molecule has 11 heteroatoms. The van der Waals surface area contributed by atoms with Gasteiger partial charge in [-0.25, -0.2) is 0 Å². The minimum absolute atomic E-state index is 0.173. The van der Waals surface area contributed by atoms with Gasteiger partial charge in [0, 0.05) is 37.8 Å². The van der Waals surface area contributed by atoms with Crippen molar-refractivity contribution < 1.29 is 32.5 Å². The third kappa shape index (κ3) is 8.21. The molecule has 3 amide bonds. The van der Waals surface area contributed by atoms with Gasteiger partial charge in [-0.15, -0.1) is 0 Å². The molecular weight excluding hydrogens is 473 g/mol. The van der Waals surface area contributed by atoms with Crippen molar-refractivity contribution in [2.24, 2.45) is 0 Å². The first-order valence-electron chi connectivity index (χ1n) is 10.4. The molecule has 0 aliphatic rings. The zero-order valence-corrected chi connectivity index (χ0v) is 20.1. The largest absolute Gasteiger partial charge is 0.647 e. The van der Waals surface area contributed by atoms with Crippen LogP contribution in [0.2, 0.25) is 0 Å². The Bertz CT molecular complexity index is 1090. The maximum absolute atomic E-state index is 13.6. The molecule has 0 aromatic heterocycles. The van der Waals surface area contributed by atoms with Crippen LogP contribution in [-0.2, 0) is 18.9 Å². The molecule has 3 aromatic rings. The summed E-state index contributed by atoms with van der Waals surface area (Å²) in [5.41, 5.74) is 1.59. The second-order valence-electron chi connectivity index (χ2n) is 7.34. The highest BCUT2D eigenvalue weighted by atomic mass is 31.2. The molecule has 0 radical (unpaired) electrons. The van der Waals surface area contributed by atoms with Crippen LogP contribution < -0.4 is 29.5 Å². The fraction of sp³-hybridized carbons (Fsp3) is 0.125. The van der Waals surface area contributed by atoms with E-state index in [1.54, 1.807) is 36.4 Å². The molecule has 0 saturated heterocycles. The number of nitrogens with one attached hydrogen (secondary N) is 3. The summed E-state index contributed by atoms with van der Waals surface area (Å²) in [6, 6.07) is 18.5. The highest BCUT2D eigenvalue weighted by molar-refractivity contribution is 7.49. The molecule has 0 fully saturated rings. The number of amides is 3. The molecule has 182 valence electrons. The van der Waals surface area contributed by atoms with Crippen LogP contribution in [0, 0.1) is 0 Å². The summed E-state index contributed by atoms with van der Waals surface area (Å²) in [5.74, 6) is -0.184. The quantitative estimate of drug-likeness (QED) is 0.346. The summed E-state index contributed by atoms with van der Waals surface area (Å²) < 4.78 is 30.5. The van der Waals surface area contributed by atoms with Crippen LogP contribution in [0.15, 0.2) is 72.8 Å². The Hall–Kier alpha value is -4.30. The standard InChI is InChI=1S/C24H24N3O7P/c1-16(28)25-19-4-10-22(11-5-19)32-35(31,33-23-12-6-20(7-13-23)26-17(2)29)34-24-14-8-21(9-15-24)27-18(3)30/h4-15H,1-3H3,(H,25,28)(H,26,29)(H,27,30). The Morgan fingerprint density at radius 3 is 0.943 bits per heavy atom. The summed E-state index contributed by atoms with van der Waals surface area (Å²) in [6.45, 7) is 4.15. The molecule has 3 N–H and O–H groups in total. The summed E-state index contributed by atoms with van der Waals surface area (Å²) in [5, 5.41) is 7.88. The van der Waals surface area contributed by atoms with Crippen molar-refractivity contribution >= 4 is 42.6 Å². The zero-order chi connectivity index (χ0) is 25.4. The lowest BCUT2D eigenvalue weighted by molar-refractivity contribution is -0.115. The van der Waals surface area contributed by atoms with Gasteiger partial charge in [0.15, 0.2) is 0 Å². The van der Waals surface area contributed by atoms with E-state index in [9.17, 15) is 18.9 Å². The molecule has 0 atom stereocenters. The molecule has 0 spiro atoms. The van der Waals surface area contributed by atoms with Gasteiger partial charge in [-0.3, -0.25) is 14.4 Å². The second kappa shape index (κ2) is 11.2. The van der Waals surface area contributed by atoms with Crippen LogP contribution in [0.1, 0.15) is 20.8 Å². The van der Waals surface area contributed by atoms with Gasteiger partial charge in [0.1, 0.15) is 17.2 Å². The number of phosphoric acid groups is 1. The molecule has 35 heavy (non-hydrogen) atoms. The van der Waals surface area contributed by atoms with Crippen LogP contribution in [0.4, 0.5) is 17.1 Å². The van der Waals surface area contributed by atoms with Crippen LogP contribution >= 0.6 is 7.82 Å². The average molecular weight is 497 g/mol. The molecular formula is C24H24N3O7P. The molecule has 10 nitrogen and oxygen atoms in total. The first kappa shape index (κ1) is 25.3. The van der Waals surface area contributed by atoms with Crippen molar-refractivity contribution in [2.45, 2.75) is 20.8 Å². The summed E-state index contributed by atoms with van der Waals surface area (Å²) in [7, 11) is -4.28. The number of benzene rings is 3. The molecule has 0 aliphatic carbocycles. The number of rotatable bonds is 9. The number of hydrogen-bond acceptors (Lipinski definition) is 7. The molecule has 0 heterocycles. The maximum Gasteiger partial charge on any atom is 0.647 e. The Balaban J connectivity index is 1.83. The van der Waals surface area contributed by atoms with Gasteiger partial charge in [0.25, 0.3) is 0 Å². The summed E-state index contributed by atoms with van der Waals surface area (Å²) >= 11 is 0. The first-order chi connectivity index (χ1) is 16.6. The van der Waals surface area contributed by atoms with Gasteiger partial charge in [-0.2, -0.15) is 4.57 Å². The summed E-state index contributed by atoms with van der Waals surface area (Å²) in [4.78, 5) is 33.7. The van der Waals surface area contributed by atoms with E-state index >= 15 is 0 Å². The van der Waals surface area contributed by atoms with E-state index in [0.29, 0.717) is 17.1 Å². The monoisotopic (exact) mass is 497 g/mol. The normalized spacial score (nSPS) is 10.6. The Labute approximate surface area is 202 Å². The fourth-order valence-electron chi connectivity index (χ4n) is 2.85. The van der Waals surface area contributed by atoms with Crippen LogP contribution in [0.25, 0.3) is 0 Å². The summed E-state index contributed by atoms with van der Waals surface area (Å²) in [6.07, 6.45) is 0. The lowest BCUT2D eigenvalue weighted by atomic mass is 10.3. The maximum atomic E-state index is 13.6. The van der Waals surface area contributed by atoms with Gasteiger partial charge >= 0.3 is 7.82 Å². The predicted molar refractivity (Wildman–Crippen MR) is 132 cm³/mol. The second-order valence-corrected chi connectivity index (χ2v) is 8.78. The fourth-order valence-corrected chi connectivity index (χ4v) is 4.10. The van der Waals surface area contributed by atoms with Crippen LogP contribution in [-0.4, -0.2) is 17.7 Å². The highest BCUT2D eigenvalue weighted by Gasteiger charge is 2.33. The zero-order valence-electron chi connectivity index (χ0n) is 19.2. The third-order valence-corrected chi connectivity index (χ3v) is 5.48. The van der Waals surface area contributed by atoms with Crippen molar-refractivity contribution in [3.05, 3.63) is 72.8 Å². The molecule has 3 rings (SSSR count). The lowest BCUT2D eigenvalue weighted by Crippen LogP contribution is -2.09. The third-order valence-electron chi connectivity index (χ3n) is 4.18. The minimum atomic E-state index is -4.28. The molecule has 0 unspecified atom stereocenters. The van der Waals surface area contributed by atoms with E-state index in [0.717, 1.165) is 0 Å². The van der Waals surface area contributed by atoms with Crippen molar-refractivity contribution in [3.8, 4) is 17.2 Å². The van der Waals surface area contributed by atoms with Crippen LogP contribution in [0.5, 0.6) is 17.2 Å². The van der Waals surface area contributed by atoms with Crippen LogP contribution in [0.3, 0.4) is 0 Å². The smallest absolute Gasteiger partial charge is 0.386 e. The van der Waals surface area contributed by atoms with Crippen molar-refractivity contribution in [2.75, 3.05) is 16.0 Å². The van der Waals surface area contributed by atoms with Crippen molar-refractivity contribution in [1.29, 1.82) is 0 Å². The Morgan fingerprint density at radius 2 is 0.743 bits per heavy atom. The SMILES string of the molecule is CC(=O)Nc1ccc(OP(=O)(Oc2ccc(NC(C)=O)cc2)Oc2ccc(NC(C)=O)cc2)cc1.